The molecule has 2 heterocycles. The number of pyridine rings is 1. The molecule has 1 atom stereocenters. The molecule has 7 heteroatoms. The van der Waals surface area contributed by atoms with Crippen LogP contribution in [0.1, 0.15) is 12.6 Å². The third-order valence-corrected chi connectivity index (χ3v) is 2.60. The van der Waals surface area contributed by atoms with Crippen molar-refractivity contribution in [3.63, 3.8) is 0 Å². The van der Waals surface area contributed by atoms with Gasteiger partial charge in [-0.05, 0) is 19.9 Å². The maximum Gasteiger partial charge on any atom is 0.248 e. The molecule has 0 unspecified atom stereocenters. The quantitative estimate of drug-likeness (QED) is 0.866. The van der Waals surface area contributed by atoms with Gasteiger partial charge in [0.15, 0.2) is 0 Å². The van der Waals surface area contributed by atoms with Gasteiger partial charge in [0, 0.05) is 12.1 Å². The fraction of sp³-hybridized carbons (Fsp3) is 0.308. The van der Waals surface area contributed by atoms with Gasteiger partial charge in [-0.2, -0.15) is 0 Å². The molecule has 0 aliphatic carbocycles. The molecule has 7 nitrogen and oxygen atoms in total. The number of methoxy groups -OCH3 is 1. The number of ether oxygens (including phenoxy) is 1. The molecule has 0 aliphatic heterocycles. The molecular formula is C13H16N4O3. The molecule has 0 bridgehead atoms. The monoisotopic (exact) mass is 276 g/mol. The maximum atomic E-state index is 11.9. The third-order valence-electron chi connectivity index (χ3n) is 2.60. The first kappa shape index (κ1) is 13.9. The molecule has 2 N–H and O–H groups in total. The molecule has 2 aromatic heterocycles. The summed E-state index contributed by atoms with van der Waals surface area (Å²) in [5.74, 6) is 0.621. The summed E-state index contributed by atoms with van der Waals surface area (Å²) in [5.41, 5.74) is 1.43. The van der Waals surface area contributed by atoms with Crippen LogP contribution in [0.3, 0.4) is 0 Å². The lowest BCUT2D eigenvalue weighted by atomic mass is 10.3. The van der Waals surface area contributed by atoms with Gasteiger partial charge in [-0.15, -0.1) is 0 Å². The van der Waals surface area contributed by atoms with Crippen LogP contribution < -0.4 is 15.4 Å². The van der Waals surface area contributed by atoms with E-state index in [1.165, 1.54) is 0 Å². The second-order valence-electron chi connectivity index (χ2n) is 4.28. The van der Waals surface area contributed by atoms with Gasteiger partial charge in [-0.3, -0.25) is 10.1 Å². The Kier molecular flexibility index (Phi) is 4.19. The number of rotatable bonds is 5. The fourth-order valence-corrected chi connectivity index (χ4v) is 1.55. The molecule has 106 valence electrons. The summed E-state index contributed by atoms with van der Waals surface area (Å²) in [6.45, 7) is 3.52. The number of carbonyl (C=O) groups is 1. The van der Waals surface area contributed by atoms with E-state index in [0.717, 1.165) is 5.69 Å². The number of amides is 1. The fourth-order valence-electron chi connectivity index (χ4n) is 1.55. The van der Waals surface area contributed by atoms with Gasteiger partial charge in [0.25, 0.3) is 0 Å². The Labute approximate surface area is 116 Å². The second-order valence-corrected chi connectivity index (χ2v) is 4.28. The van der Waals surface area contributed by atoms with Crippen LogP contribution in [0.15, 0.2) is 28.9 Å². The highest BCUT2D eigenvalue weighted by Crippen LogP contribution is 2.13. The Hall–Kier alpha value is -2.57. The average Bonchev–Trinajstić information content (AvgIpc) is 2.85. The summed E-state index contributed by atoms with van der Waals surface area (Å²) in [5, 5.41) is 9.36. The largest absolute Gasteiger partial charge is 0.481 e. The predicted octanol–water partition coefficient (Wildman–Crippen LogP) is 1.83. The summed E-state index contributed by atoms with van der Waals surface area (Å²) in [6.07, 6.45) is 1.60. The van der Waals surface area contributed by atoms with Crippen LogP contribution in [0.25, 0.3) is 0 Å². The molecule has 0 fully saturated rings. The standard InChI is InChI=1S/C13H16N4O3/c1-8-6-12(20-17-8)16-13(18)9(2)15-10-4-5-11(19-3)14-7-10/h4-7,9,15H,1-3H3,(H,16,18)/t9-/m0/s1. The van der Waals surface area contributed by atoms with Crippen molar-refractivity contribution in [2.24, 2.45) is 0 Å². The smallest absolute Gasteiger partial charge is 0.248 e. The first-order valence-corrected chi connectivity index (χ1v) is 6.09. The van der Waals surface area contributed by atoms with E-state index in [9.17, 15) is 4.79 Å². The zero-order valence-electron chi connectivity index (χ0n) is 11.5. The number of aromatic nitrogens is 2. The van der Waals surface area contributed by atoms with E-state index in [4.69, 9.17) is 9.26 Å². The highest BCUT2D eigenvalue weighted by atomic mass is 16.5. The minimum atomic E-state index is -0.449. The van der Waals surface area contributed by atoms with Crippen molar-refractivity contribution in [3.8, 4) is 5.88 Å². The zero-order valence-corrected chi connectivity index (χ0v) is 11.5. The topological polar surface area (TPSA) is 89.3 Å². The van der Waals surface area contributed by atoms with Crippen LogP contribution in [-0.2, 0) is 4.79 Å². The van der Waals surface area contributed by atoms with Crippen molar-refractivity contribution in [2.45, 2.75) is 19.9 Å². The molecule has 2 rings (SSSR count). The van der Waals surface area contributed by atoms with E-state index >= 15 is 0 Å². The summed E-state index contributed by atoms with van der Waals surface area (Å²) in [7, 11) is 1.55. The van der Waals surface area contributed by atoms with Crippen molar-refractivity contribution in [1.29, 1.82) is 0 Å². The number of nitrogens with one attached hydrogen (secondary N) is 2. The average molecular weight is 276 g/mol. The van der Waals surface area contributed by atoms with Crippen LogP contribution in [0.5, 0.6) is 5.88 Å². The Morgan fingerprint density at radius 1 is 1.45 bits per heavy atom. The number of hydrogen-bond acceptors (Lipinski definition) is 6. The van der Waals surface area contributed by atoms with E-state index in [1.807, 2.05) is 0 Å². The maximum absolute atomic E-state index is 11.9. The van der Waals surface area contributed by atoms with Crippen molar-refractivity contribution < 1.29 is 14.1 Å². The number of nitrogens with zero attached hydrogens (tertiary/aromatic N) is 2. The van der Waals surface area contributed by atoms with E-state index in [-0.39, 0.29) is 5.91 Å². The van der Waals surface area contributed by atoms with Crippen molar-refractivity contribution in [1.82, 2.24) is 10.1 Å². The highest BCUT2D eigenvalue weighted by Gasteiger charge is 2.14. The first-order valence-electron chi connectivity index (χ1n) is 6.09. The normalized spacial score (nSPS) is 11.8. The lowest BCUT2D eigenvalue weighted by Crippen LogP contribution is -2.31. The molecule has 0 saturated carbocycles. The molecule has 0 saturated heterocycles. The minimum Gasteiger partial charge on any atom is -0.481 e. The lowest BCUT2D eigenvalue weighted by molar-refractivity contribution is -0.116. The summed E-state index contributed by atoms with van der Waals surface area (Å²) < 4.78 is 9.89. The van der Waals surface area contributed by atoms with Gasteiger partial charge >= 0.3 is 0 Å². The van der Waals surface area contributed by atoms with E-state index in [0.29, 0.717) is 17.5 Å². The van der Waals surface area contributed by atoms with Crippen LogP contribution in [0.2, 0.25) is 0 Å². The van der Waals surface area contributed by atoms with Crippen LogP contribution in [-0.4, -0.2) is 29.2 Å². The Bertz CT molecular complexity index is 580. The number of hydrogen-bond donors (Lipinski definition) is 2. The molecule has 0 aliphatic rings. The summed E-state index contributed by atoms with van der Waals surface area (Å²) in [4.78, 5) is 16.0. The van der Waals surface area contributed by atoms with Crippen LogP contribution in [0, 0.1) is 6.92 Å². The highest BCUT2D eigenvalue weighted by molar-refractivity contribution is 5.95. The van der Waals surface area contributed by atoms with Crippen molar-refractivity contribution in [3.05, 3.63) is 30.1 Å². The molecular weight excluding hydrogens is 260 g/mol. The molecule has 20 heavy (non-hydrogen) atoms. The number of carbonyl (C=O) groups excluding carboxylic acids is 1. The van der Waals surface area contributed by atoms with Crippen molar-refractivity contribution in [2.75, 3.05) is 17.7 Å². The number of aryl methyl sites for hydroxylation is 1. The third kappa shape index (κ3) is 3.47. The molecule has 0 spiro atoms. The second kappa shape index (κ2) is 6.05. The van der Waals surface area contributed by atoms with Gasteiger partial charge in [-0.25, -0.2) is 4.98 Å². The summed E-state index contributed by atoms with van der Waals surface area (Å²) >= 11 is 0. The van der Waals surface area contributed by atoms with Gasteiger partial charge in [-0.1, -0.05) is 5.16 Å². The first-order chi connectivity index (χ1) is 9.58. The molecule has 0 aromatic carbocycles. The van der Waals surface area contributed by atoms with E-state index < -0.39 is 6.04 Å². The lowest BCUT2D eigenvalue weighted by Gasteiger charge is -2.13. The molecule has 1 amide bonds. The summed E-state index contributed by atoms with van der Waals surface area (Å²) in [6, 6.07) is 4.70. The van der Waals surface area contributed by atoms with Gasteiger partial charge in [0.1, 0.15) is 6.04 Å². The van der Waals surface area contributed by atoms with Crippen LogP contribution >= 0.6 is 0 Å². The Morgan fingerprint density at radius 3 is 2.80 bits per heavy atom. The zero-order chi connectivity index (χ0) is 14.5. The van der Waals surface area contributed by atoms with E-state index in [1.54, 1.807) is 45.4 Å². The van der Waals surface area contributed by atoms with Gasteiger partial charge in [0.2, 0.25) is 17.7 Å². The van der Waals surface area contributed by atoms with E-state index in [2.05, 4.69) is 20.8 Å². The molecule has 0 radical (unpaired) electrons. The van der Waals surface area contributed by atoms with Crippen molar-refractivity contribution >= 4 is 17.5 Å². The number of anilines is 2. The van der Waals surface area contributed by atoms with Gasteiger partial charge < -0.3 is 14.6 Å². The minimum absolute atomic E-state index is 0.225. The van der Waals surface area contributed by atoms with Crippen LogP contribution in [0.4, 0.5) is 11.6 Å². The Morgan fingerprint density at radius 2 is 2.25 bits per heavy atom. The Balaban J connectivity index is 1.92. The SMILES string of the molecule is COc1ccc(N[C@@H](C)C(=O)Nc2cc(C)no2)cn1. The predicted molar refractivity (Wildman–Crippen MR) is 73.7 cm³/mol. The van der Waals surface area contributed by atoms with Gasteiger partial charge in [0.05, 0.1) is 24.7 Å². The molecule has 2 aromatic rings.